The van der Waals surface area contributed by atoms with Gasteiger partial charge in [-0.3, -0.25) is 0 Å². The molecular formula is C21H21F6NS. The highest BCUT2D eigenvalue weighted by Crippen LogP contribution is 2.45. The van der Waals surface area contributed by atoms with Gasteiger partial charge in [0.2, 0.25) is 0 Å². The highest BCUT2D eigenvalue weighted by atomic mass is 32.1. The topological polar surface area (TPSA) is 15.8 Å². The van der Waals surface area contributed by atoms with Crippen molar-refractivity contribution in [3.8, 4) is 0 Å². The molecule has 8 heteroatoms. The molecule has 0 bridgehead atoms. The molecule has 1 nitrogen and oxygen atoms in total. The van der Waals surface area contributed by atoms with Gasteiger partial charge < -0.3 is 4.98 Å². The van der Waals surface area contributed by atoms with Gasteiger partial charge in [0.05, 0.1) is 12.0 Å². The van der Waals surface area contributed by atoms with Crippen LogP contribution in [0.5, 0.6) is 0 Å². The number of thiophene rings is 1. The summed E-state index contributed by atoms with van der Waals surface area (Å²) >= 11 is 1.23. The SMILES string of the molecule is CCC(CC)c1[nH]c2cc(C(F)(F)F)ccc2c1C(CC(F)(F)F)c1cccs1. The largest absolute Gasteiger partial charge is 0.416 e. The zero-order chi connectivity index (χ0) is 21.4. The monoisotopic (exact) mass is 433 g/mol. The lowest BCUT2D eigenvalue weighted by Crippen LogP contribution is -2.16. The van der Waals surface area contributed by atoms with Gasteiger partial charge in [-0.1, -0.05) is 26.0 Å². The lowest BCUT2D eigenvalue weighted by atomic mass is 9.86. The molecule has 0 spiro atoms. The quantitative estimate of drug-likeness (QED) is 0.377. The number of aromatic amines is 1. The molecule has 1 aromatic carbocycles. The van der Waals surface area contributed by atoms with Crippen LogP contribution in [0, 0.1) is 0 Å². The molecule has 1 N–H and O–H groups in total. The highest BCUT2D eigenvalue weighted by Gasteiger charge is 2.37. The molecule has 3 aromatic rings. The Hall–Kier alpha value is -1.96. The number of H-pyrrole nitrogens is 1. The Morgan fingerprint density at radius 1 is 1.00 bits per heavy atom. The van der Waals surface area contributed by atoms with Crippen molar-refractivity contribution in [3.05, 3.63) is 57.4 Å². The zero-order valence-corrected chi connectivity index (χ0v) is 16.7. The van der Waals surface area contributed by atoms with Crippen LogP contribution in [0.1, 0.15) is 66.6 Å². The first-order valence-electron chi connectivity index (χ1n) is 9.38. The lowest BCUT2D eigenvalue weighted by molar-refractivity contribution is -0.138. The lowest BCUT2D eigenvalue weighted by Gasteiger charge is -2.22. The summed E-state index contributed by atoms with van der Waals surface area (Å²) in [4.78, 5) is 3.60. The van der Waals surface area contributed by atoms with Crippen molar-refractivity contribution in [1.82, 2.24) is 4.98 Å². The summed E-state index contributed by atoms with van der Waals surface area (Å²) in [6, 6.07) is 6.57. The molecule has 29 heavy (non-hydrogen) atoms. The Morgan fingerprint density at radius 2 is 1.69 bits per heavy atom. The van der Waals surface area contributed by atoms with Gasteiger partial charge in [0, 0.05) is 27.4 Å². The summed E-state index contributed by atoms with van der Waals surface area (Å²) in [6.45, 7) is 3.85. The molecule has 0 amide bonds. The summed E-state index contributed by atoms with van der Waals surface area (Å²) in [6.07, 6.45) is -8.64. The smallest absolute Gasteiger partial charge is 0.358 e. The Kier molecular flexibility index (Phi) is 6.03. The van der Waals surface area contributed by atoms with Crippen LogP contribution in [-0.4, -0.2) is 11.2 Å². The molecular weight excluding hydrogens is 412 g/mol. The van der Waals surface area contributed by atoms with Crippen molar-refractivity contribution in [3.63, 3.8) is 0 Å². The fraction of sp³-hybridized carbons (Fsp3) is 0.429. The summed E-state index contributed by atoms with van der Waals surface area (Å²) < 4.78 is 79.8. The van der Waals surface area contributed by atoms with E-state index in [1.54, 1.807) is 17.5 Å². The number of halogens is 6. The van der Waals surface area contributed by atoms with Crippen LogP contribution in [-0.2, 0) is 6.18 Å². The standard InChI is InChI=1S/C21H21F6NS/c1-3-12(4-2)19-18(15(11-20(22,23)24)17-6-5-9-29-17)14-8-7-13(21(25,26)27)10-16(14)28-19/h5-10,12,15,28H,3-4,11H2,1-2H3. The van der Waals surface area contributed by atoms with Crippen LogP contribution < -0.4 is 0 Å². The molecule has 3 rings (SSSR count). The van der Waals surface area contributed by atoms with E-state index in [-0.39, 0.29) is 11.4 Å². The molecule has 1 atom stereocenters. The normalized spacial score (nSPS) is 14.1. The van der Waals surface area contributed by atoms with Crippen LogP contribution in [0.3, 0.4) is 0 Å². The van der Waals surface area contributed by atoms with Crippen molar-refractivity contribution in [2.45, 2.75) is 57.3 Å². The van der Waals surface area contributed by atoms with Crippen molar-refractivity contribution in [1.29, 1.82) is 0 Å². The average molecular weight is 433 g/mol. The molecule has 2 aromatic heterocycles. The molecule has 1 unspecified atom stereocenters. The van der Waals surface area contributed by atoms with Crippen molar-refractivity contribution in [2.24, 2.45) is 0 Å². The molecule has 0 aliphatic heterocycles. The number of fused-ring (bicyclic) bond motifs is 1. The Labute approximate surface area is 168 Å². The van der Waals surface area contributed by atoms with Gasteiger partial charge in [0.1, 0.15) is 0 Å². The first-order chi connectivity index (χ1) is 13.5. The van der Waals surface area contributed by atoms with E-state index in [0.29, 0.717) is 34.4 Å². The van der Waals surface area contributed by atoms with Crippen LogP contribution in [0.2, 0.25) is 0 Å². The number of hydrogen-bond acceptors (Lipinski definition) is 1. The van der Waals surface area contributed by atoms with Gasteiger partial charge >= 0.3 is 12.4 Å². The summed E-state index contributed by atoms with van der Waals surface area (Å²) in [5.74, 6) is -1.03. The summed E-state index contributed by atoms with van der Waals surface area (Å²) in [5.41, 5.74) is 0.465. The molecule has 0 fully saturated rings. The molecule has 0 saturated carbocycles. The Morgan fingerprint density at radius 3 is 2.21 bits per heavy atom. The van der Waals surface area contributed by atoms with Crippen LogP contribution in [0.4, 0.5) is 26.3 Å². The van der Waals surface area contributed by atoms with E-state index in [4.69, 9.17) is 0 Å². The number of aromatic nitrogens is 1. The second kappa shape index (κ2) is 8.05. The van der Waals surface area contributed by atoms with Crippen molar-refractivity contribution in [2.75, 3.05) is 0 Å². The summed E-state index contributed by atoms with van der Waals surface area (Å²) in [7, 11) is 0. The van der Waals surface area contributed by atoms with Crippen molar-refractivity contribution < 1.29 is 26.3 Å². The predicted molar refractivity (Wildman–Crippen MR) is 103 cm³/mol. The molecule has 158 valence electrons. The number of benzene rings is 1. The van der Waals surface area contributed by atoms with E-state index < -0.39 is 30.3 Å². The minimum Gasteiger partial charge on any atom is -0.358 e. The number of hydrogen-bond donors (Lipinski definition) is 1. The third-order valence-electron chi connectivity index (χ3n) is 5.26. The third kappa shape index (κ3) is 4.63. The first kappa shape index (κ1) is 21.7. The average Bonchev–Trinajstić information content (AvgIpc) is 3.27. The van der Waals surface area contributed by atoms with E-state index in [0.717, 1.165) is 12.1 Å². The van der Waals surface area contributed by atoms with Crippen molar-refractivity contribution >= 4 is 22.2 Å². The fourth-order valence-electron chi connectivity index (χ4n) is 3.88. The molecule has 0 aliphatic carbocycles. The van der Waals surface area contributed by atoms with Gasteiger partial charge in [-0.15, -0.1) is 11.3 Å². The number of nitrogens with one attached hydrogen (secondary N) is 1. The minimum absolute atomic E-state index is 0.0672. The predicted octanol–water partition coefficient (Wildman–Crippen LogP) is 8.24. The maximum Gasteiger partial charge on any atom is 0.416 e. The maximum atomic E-state index is 13.5. The van der Waals surface area contributed by atoms with Crippen LogP contribution >= 0.6 is 11.3 Å². The molecule has 0 saturated heterocycles. The maximum absolute atomic E-state index is 13.5. The van der Waals surface area contributed by atoms with Gasteiger partial charge in [0.25, 0.3) is 0 Å². The van der Waals surface area contributed by atoms with Gasteiger partial charge in [-0.25, -0.2) is 0 Å². The van der Waals surface area contributed by atoms with E-state index in [1.165, 1.54) is 17.4 Å². The molecule has 0 radical (unpaired) electrons. The number of rotatable bonds is 6. The zero-order valence-electron chi connectivity index (χ0n) is 15.9. The van der Waals surface area contributed by atoms with E-state index >= 15 is 0 Å². The molecule has 0 aliphatic rings. The van der Waals surface area contributed by atoms with Crippen LogP contribution in [0.25, 0.3) is 10.9 Å². The summed E-state index contributed by atoms with van der Waals surface area (Å²) in [5, 5.41) is 2.13. The second-order valence-electron chi connectivity index (χ2n) is 7.11. The van der Waals surface area contributed by atoms with Crippen LogP contribution in [0.15, 0.2) is 35.7 Å². The number of alkyl halides is 6. The van der Waals surface area contributed by atoms with Gasteiger partial charge in [0.15, 0.2) is 0 Å². The first-order valence-corrected chi connectivity index (χ1v) is 10.3. The Bertz CT molecular complexity index is 948. The fourth-order valence-corrected chi connectivity index (χ4v) is 4.71. The second-order valence-corrected chi connectivity index (χ2v) is 8.09. The van der Waals surface area contributed by atoms with Gasteiger partial charge in [-0.2, -0.15) is 26.3 Å². The highest BCUT2D eigenvalue weighted by molar-refractivity contribution is 7.10. The molecule has 2 heterocycles. The van der Waals surface area contributed by atoms with Gasteiger partial charge in [-0.05, 0) is 47.9 Å². The van der Waals surface area contributed by atoms with E-state index in [1.807, 2.05) is 13.8 Å². The van der Waals surface area contributed by atoms with E-state index in [9.17, 15) is 26.3 Å². The van der Waals surface area contributed by atoms with E-state index in [2.05, 4.69) is 4.98 Å². The minimum atomic E-state index is -4.52. The Balaban J connectivity index is 2.28. The third-order valence-corrected chi connectivity index (χ3v) is 6.25.